The van der Waals surface area contributed by atoms with Crippen LogP contribution in [0.15, 0.2) is 84.9 Å². The van der Waals surface area contributed by atoms with Crippen LogP contribution in [0.25, 0.3) is 0 Å². The van der Waals surface area contributed by atoms with Crippen molar-refractivity contribution in [2.75, 3.05) is 26.4 Å². The summed E-state index contributed by atoms with van der Waals surface area (Å²) >= 11 is 0. The second-order valence-electron chi connectivity index (χ2n) is 9.02. The molecule has 0 fully saturated rings. The van der Waals surface area contributed by atoms with E-state index in [2.05, 4.69) is 20.2 Å². The van der Waals surface area contributed by atoms with Gasteiger partial charge in [-0.05, 0) is 72.8 Å². The van der Waals surface area contributed by atoms with Crippen LogP contribution in [0.3, 0.4) is 0 Å². The molecule has 4 aromatic rings. The van der Waals surface area contributed by atoms with E-state index in [1.807, 2.05) is 0 Å². The topological polar surface area (TPSA) is 179 Å². The Balaban J connectivity index is 0.00000417. The van der Waals surface area contributed by atoms with Gasteiger partial charge in [-0.15, -0.1) is 12.8 Å². The van der Waals surface area contributed by atoms with Gasteiger partial charge < -0.3 is 32.8 Å². The molecule has 0 atom stereocenters. The van der Waals surface area contributed by atoms with Crippen LogP contribution in [0.5, 0.6) is 46.0 Å². The van der Waals surface area contributed by atoms with Crippen molar-refractivity contribution in [3.05, 3.63) is 96.1 Å². The van der Waals surface area contributed by atoms with E-state index in [-0.39, 0.29) is 85.4 Å². The predicted molar refractivity (Wildman–Crippen MR) is 164 cm³/mol. The molecular weight excluding hydrogens is 670 g/mol. The third kappa shape index (κ3) is 14.1. The SMILES string of the molecule is C#Cc1ccc(Oc2ccc(Oc3ccc(Oc4ccc(C#C)cc4)c(OCCOS(=O)(=O)[O-])c3)cc2OCCOS(=O)(=O)[O-])cc1.[Li+].[Li+]. The molecule has 0 radical (unpaired) electrons. The van der Waals surface area contributed by atoms with Crippen LogP contribution in [0.1, 0.15) is 11.1 Å². The molecule has 0 N–H and O–H groups in total. The molecule has 4 aromatic carbocycles. The third-order valence-corrected chi connectivity index (χ3v) is 6.61. The summed E-state index contributed by atoms with van der Waals surface area (Å²) in [6, 6.07) is 22.3. The molecule has 0 aromatic heterocycles. The first-order valence-corrected chi connectivity index (χ1v) is 16.0. The zero-order valence-corrected chi connectivity index (χ0v) is 27.8. The number of benzene rings is 4. The van der Waals surface area contributed by atoms with E-state index >= 15 is 0 Å². The van der Waals surface area contributed by atoms with Gasteiger partial charge in [0.1, 0.15) is 36.2 Å². The van der Waals surface area contributed by atoms with Crippen molar-refractivity contribution in [1.82, 2.24) is 0 Å². The molecule has 0 aliphatic heterocycles. The van der Waals surface area contributed by atoms with Crippen LogP contribution in [0.2, 0.25) is 0 Å². The smallest absolute Gasteiger partial charge is 0.726 e. The number of hydrogen-bond acceptors (Lipinski definition) is 13. The first kappa shape index (κ1) is 41.1. The molecule has 49 heavy (non-hydrogen) atoms. The van der Waals surface area contributed by atoms with Gasteiger partial charge in [0.25, 0.3) is 0 Å². The van der Waals surface area contributed by atoms with E-state index in [1.54, 1.807) is 60.7 Å². The van der Waals surface area contributed by atoms with Crippen molar-refractivity contribution < 1.29 is 95.7 Å². The minimum Gasteiger partial charge on any atom is -0.726 e. The Morgan fingerprint density at radius 1 is 0.490 bits per heavy atom. The van der Waals surface area contributed by atoms with Gasteiger partial charge in [0.15, 0.2) is 23.0 Å². The quantitative estimate of drug-likeness (QED) is 0.0447. The van der Waals surface area contributed by atoms with Crippen LogP contribution in [-0.2, 0) is 29.2 Å². The van der Waals surface area contributed by atoms with Gasteiger partial charge in [-0.1, -0.05) is 11.8 Å². The fourth-order valence-corrected chi connectivity index (χ4v) is 4.25. The molecule has 0 aliphatic rings. The van der Waals surface area contributed by atoms with Crippen LogP contribution >= 0.6 is 0 Å². The first-order chi connectivity index (χ1) is 22.4. The van der Waals surface area contributed by atoms with Gasteiger partial charge in [0, 0.05) is 23.3 Å². The molecule has 0 bridgehead atoms. The number of rotatable bonds is 16. The summed E-state index contributed by atoms with van der Waals surface area (Å²) in [5.41, 5.74) is 1.27. The van der Waals surface area contributed by atoms with Gasteiger partial charge in [-0.3, -0.25) is 8.37 Å². The predicted octanol–water partition coefficient (Wildman–Crippen LogP) is -1.25. The van der Waals surface area contributed by atoms with Crippen molar-refractivity contribution >= 4 is 20.8 Å². The van der Waals surface area contributed by atoms with Gasteiger partial charge >= 0.3 is 37.7 Å². The third-order valence-electron chi connectivity index (χ3n) is 5.70. The van der Waals surface area contributed by atoms with Crippen molar-refractivity contribution in [3.63, 3.8) is 0 Å². The normalized spacial score (nSPS) is 10.7. The average Bonchev–Trinajstić information content (AvgIpc) is 3.03. The van der Waals surface area contributed by atoms with E-state index in [9.17, 15) is 25.9 Å². The van der Waals surface area contributed by atoms with Crippen molar-refractivity contribution in [2.45, 2.75) is 0 Å². The molecule has 13 nitrogen and oxygen atoms in total. The second-order valence-corrected chi connectivity index (χ2v) is 11.1. The molecule has 0 aliphatic carbocycles. The summed E-state index contributed by atoms with van der Waals surface area (Å²) in [4.78, 5) is 0. The Bertz CT molecular complexity index is 1840. The molecule has 4 rings (SSSR count). The summed E-state index contributed by atoms with van der Waals surface area (Å²) in [6.07, 6.45) is 10.8. The Kier molecular flexibility index (Phi) is 16.1. The zero-order chi connectivity index (χ0) is 33.9. The Hall–Kier alpha value is -4.07. The van der Waals surface area contributed by atoms with Crippen LogP contribution < -0.4 is 61.4 Å². The maximum absolute atomic E-state index is 10.8. The zero-order valence-electron chi connectivity index (χ0n) is 26.2. The summed E-state index contributed by atoms with van der Waals surface area (Å²) in [5, 5.41) is 0. The summed E-state index contributed by atoms with van der Waals surface area (Å²) < 4.78 is 102. The number of ether oxygens (including phenoxy) is 5. The fourth-order valence-electron chi connectivity index (χ4n) is 3.70. The molecule has 17 heteroatoms. The summed E-state index contributed by atoms with van der Waals surface area (Å²) in [7, 11) is -9.85. The van der Waals surface area contributed by atoms with E-state index in [1.165, 1.54) is 24.3 Å². The van der Waals surface area contributed by atoms with E-state index in [0.717, 1.165) is 0 Å². The van der Waals surface area contributed by atoms with E-state index < -0.39 is 34.0 Å². The molecule has 244 valence electrons. The van der Waals surface area contributed by atoms with E-state index in [4.69, 9.17) is 36.5 Å². The monoisotopic (exact) mass is 694 g/mol. The van der Waals surface area contributed by atoms with E-state index in [0.29, 0.717) is 22.6 Å². The summed E-state index contributed by atoms with van der Waals surface area (Å²) in [6.45, 7) is -1.77. The van der Waals surface area contributed by atoms with Crippen molar-refractivity contribution in [2.24, 2.45) is 0 Å². The molecule has 0 amide bonds. The van der Waals surface area contributed by atoms with Crippen molar-refractivity contribution in [1.29, 1.82) is 0 Å². The average molecular weight is 695 g/mol. The first-order valence-electron chi connectivity index (χ1n) is 13.3. The maximum Gasteiger partial charge on any atom is 1.00 e. The molecular formula is C32H24Li2O13S2. The van der Waals surface area contributed by atoms with Crippen LogP contribution in [0, 0.1) is 24.7 Å². The minimum absolute atomic E-state index is 0. The molecule has 0 saturated carbocycles. The number of terminal acetylenes is 2. The fraction of sp³-hybridized carbons (Fsp3) is 0.125. The molecule has 0 saturated heterocycles. The largest absolute Gasteiger partial charge is 1.00 e. The minimum atomic E-state index is -4.92. The second kappa shape index (κ2) is 19.2. The van der Waals surface area contributed by atoms with Crippen molar-refractivity contribution in [3.8, 4) is 70.7 Å². The van der Waals surface area contributed by atoms with Gasteiger partial charge in [0.05, 0.1) is 13.2 Å². The maximum atomic E-state index is 10.8. The Morgan fingerprint density at radius 2 is 0.837 bits per heavy atom. The number of hydrogen-bond donors (Lipinski definition) is 0. The molecule has 0 unspecified atom stereocenters. The molecule has 0 spiro atoms. The Morgan fingerprint density at radius 3 is 1.16 bits per heavy atom. The van der Waals surface area contributed by atoms with Crippen LogP contribution in [-0.4, -0.2) is 52.4 Å². The summed E-state index contributed by atoms with van der Waals surface area (Å²) in [5.74, 6) is 6.95. The van der Waals surface area contributed by atoms with Crippen LogP contribution in [0.4, 0.5) is 0 Å². The van der Waals surface area contributed by atoms with Gasteiger partial charge in [-0.2, -0.15) is 0 Å². The standard InChI is InChI=1S/C32H26O13S2.2Li/c1-3-23-5-9-25(10-6-23)44-29-15-13-27(21-31(29)39-17-19-41-46(33,34)35)43-28-14-16-30(45-26-11-7-24(4-2)8-12-26)32(22-28)40-18-20-42-47(36,37)38;;/h1-2,5-16,21-22H,17-20H2,(H,33,34,35)(H,36,37,38);;/q;2*+1/p-2. The van der Waals surface area contributed by atoms with Gasteiger partial charge in [-0.25, -0.2) is 16.8 Å². The van der Waals surface area contributed by atoms with Gasteiger partial charge in [0.2, 0.25) is 20.8 Å². The molecule has 0 heterocycles. The Labute approximate surface area is 308 Å².